The second-order valence-corrected chi connectivity index (χ2v) is 8.09. The van der Waals surface area contributed by atoms with Crippen LogP contribution in [0, 0.1) is 6.92 Å². The third kappa shape index (κ3) is 4.58. The predicted molar refractivity (Wildman–Crippen MR) is 119 cm³/mol. The summed E-state index contributed by atoms with van der Waals surface area (Å²) >= 11 is 1.42. The summed E-state index contributed by atoms with van der Waals surface area (Å²) in [5.41, 5.74) is 0.111. The minimum atomic E-state index is -4.58. The Hall–Kier alpha value is -3.73. The van der Waals surface area contributed by atoms with Crippen LogP contribution in [0.5, 0.6) is 0 Å². The molecule has 1 amide bonds. The fourth-order valence-corrected chi connectivity index (χ4v) is 4.00. The molecule has 11 heteroatoms. The summed E-state index contributed by atoms with van der Waals surface area (Å²) in [6.45, 7) is 3.53. The maximum Gasteiger partial charge on any atom is 0.416 e. The smallest absolute Gasteiger partial charge is 0.306 e. The molecule has 4 aromatic rings. The molecule has 1 aromatic carbocycles. The normalized spacial score (nSPS) is 11.5. The highest BCUT2D eigenvalue weighted by atomic mass is 32.1. The molecule has 0 unspecified atom stereocenters. The number of aryl methyl sites for hydroxylation is 1. The summed E-state index contributed by atoms with van der Waals surface area (Å²) < 4.78 is 40.4. The molecular formula is C22H18F3N5O2S. The molecule has 0 aliphatic rings. The maximum absolute atomic E-state index is 13.1. The Labute approximate surface area is 189 Å². The summed E-state index contributed by atoms with van der Waals surface area (Å²) in [6, 6.07) is 9.35. The standard InChI is InChI=1S/C22H18F3N5O2S/c1-3-15-12(2)26-21(28-20(15)32)30-18(11-16(29-30)17-8-5-9-33-17)27-19(31)13-6-4-7-14(10-13)22(23,24)25/h4-11H,3H2,1-2H3,(H,27,31)(H,26,28,32). The number of benzene rings is 1. The van der Waals surface area contributed by atoms with Crippen molar-refractivity contribution in [3.05, 3.63) is 80.6 Å². The molecule has 0 saturated heterocycles. The SMILES string of the molecule is CCc1c(C)nc(-n2nc(-c3cccs3)cc2NC(=O)c2cccc(C(F)(F)F)c2)[nH]c1=O. The molecule has 170 valence electrons. The lowest BCUT2D eigenvalue weighted by Gasteiger charge is -2.11. The number of halogens is 3. The van der Waals surface area contributed by atoms with E-state index in [1.165, 1.54) is 22.1 Å². The van der Waals surface area contributed by atoms with Crippen molar-refractivity contribution < 1.29 is 18.0 Å². The third-order valence-corrected chi connectivity index (χ3v) is 5.83. The van der Waals surface area contributed by atoms with Gasteiger partial charge in [0, 0.05) is 22.9 Å². The van der Waals surface area contributed by atoms with Crippen molar-refractivity contribution in [2.75, 3.05) is 5.32 Å². The average Bonchev–Trinajstić information content (AvgIpc) is 3.43. The number of aromatic amines is 1. The first-order valence-corrected chi connectivity index (χ1v) is 10.8. The van der Waals surface area contributed by atoms with E-state index in [-0.39, 0.29) is 22.9 Å². The van der Waals surface area contributed by atoms with Crippen LogP contribution in [0.4, 0.5) is 19.0 Å². The summed E-state index contributed by atoms with van der Waals surface area (Å²) in [6.07, 6.45) is -4.08. The fraction of sp³-hybridized carbons (Fsp3) is 0.182. The van der Waals surface area contributed by atoms with E-state index >= 15 is 0 Å². The molecule has 0 radical (unpaired) electrons. The maximum atomic E-state index is 13.1. The first kappa shape index (κ1) is 22.5. The third-order valence-electron chi connectivity index (χ3n) is 4.94. The number of thiophene rings is 1. The lowest BCUT2D eigenvalue weighted by molar-refractivity contribution is -0.137. The fourth-order valence-electron chi connectivity index (χ4n) is 3.31. The molecule has 3 aromatic heterocycles. The van der Waals surface area contributed by atoms with Crippen LogP contribution in [0.25, 0.3) is 16.5 Å². The Balaban J connectivity index is 1.77. The number of nitrogens with zero attached hydrogens (tertiary/aromatic N) is 3. The van der Waals surface area contributed by atoms with Gasteiger partial charge in [-0.3, -0.25) is 14.6 Å². The number of nitrogens with one attached hydrogen (secondary N) is 2. The Morgan fingerprint density at radius 2 is 2.00 bits per heavy atom. The van der Waals surface area contributed by atoms with Crippen LogP contribution in [0.15, 0.2) is 52.6 Å². The minimum absolute atomic E-state index is 0.0804. The molecule has 0 aliphatic heterocycles. The number of hydrogen-bond acceptors (Lipinski definition) is 5. The van der Waals surface area contributed by atoms with Crippen molar-refractivity contribution in [2.24, 2.45) is 0 Å². The van der Waals surface area contributed by atoms with Gasteiger partial charge in [-0.15, -0.1) is 11.3 Å². The van der Waals surface area contributed by atoms with Gasteiger partial charge in [0.25, 0.3) is 11.5 Å². The second-order valence-electron chi connectivity index (χ2n) is 7.14. The van der Waals surface area contributed by atoms with Gasteiger partial charge in [-0.25, -0.2) is 4.98 Å². The molecule has 0 saturated carbocycles. The Morgan fingerprint density at radius 1 is 1.21 bits per heavy atom. The largest absolute Gasteiger partial charge is 0.416 e. The van der Waals surface area contributed by atoms with Gasteiger partial charge >= 0.3 is 6.18 Å². The molecule has 2 N–H and O–H groups in total. The van der Waals surface area contributed by atoms with Gasteiger partial charge in [0.1, 0.15) is 11.5 Å². The first-order valence-electron chi connectivity index (χ1n) is 9.90. The van der Waals surface area contributed by atoms with Crippen LogP contribution in [0.1, 0.15) is 34.1 Å². The zero-order chi connectivity index (χ0) is 23.8. The van der Waals surface area contributed by atoms with E-state index in [0.717, 1.165) is 23.1 Å². The Bertz CT molecular complexity index is 1370. The van der Waals surface area contributed by atoms with Crippen molar-refractivity contribution in [3.63, 3.8) is 0 Å². The molecule has 0 bridgehead atoms. The number of H-pyrrole nitrogens is 1. The van der Waals surface area contributed by atoms with Gasteiger partial charge in [0.15, 0.2) is 0 Å². The van der Waals surface area contributed by atoms with Crippen LogP contribution in [0.3, 0.4) is 0 Å². The lowest BCUT2D eigenvalue weighted by Crippen LogP contribution is -2.22. The van der Waals surface area contributed by atoms with Gasteiger partial charge in [-0.1, -0.05) is 19.1 Å². The second kappa shape index (κ2) is 8.66. The molecule has 0 spiro atoms. The molecule has 33 heavy (non-hydrogen) atoms. The molecule has 0 aliphatic carbocycles. The highest BCUT2D eigenvalue weighted by Crippen LogP contribution is 2.30. The number of alkyl halides is 3. The predicted octanol–water partition coefficient (Wildman–Crippen LogP) is 4.83. The van der Waals surface area contributed by atoms with Gasteiger partial charge < -0.3 is 5.32 Å². The summed E-state index contributed by atoms with van der Waals surface area (Å²) in [7, 11) is 0. The monoisotopic (exact) mass is 473 g/mol. The lowest BCUT2D eigenvalue weighted by atomic mass is 10.1. The van der Waals surface area contributed by atoms with Gasteiger partial charge in [0.05, 0.1) is 10.4 Å². The van der Waals surface area contributed by atoms with Crippen LogP contribution in [-0.4, -0.2) is 25.7 Å². The highest BCUT2D eigenvalue weighted by Gasteiger charge is 2.31. The number of carbonyl (C=O) groups excluding carboxylic acids is 1. The number of carbonyl (C=O) groups is 1. The van der Waals surface area contributed by atoms with Gasteiger partial charge in [-0.05, 0) is 43.0 Å². The van der Waals surface area contributed by atoms with E-state index in [1.54, 1.807) is 13.0 Å². The Morgan fingerprint density at radius 3 is 2.64 bits per heavy atom. The molecule has 7 nitrogen and oxygen atoms in total. The topological polar surface area (TPSA) is 92.7 Å². The van der Waals surface area contributed by atoms with Crippen molar-refractivity contribution in [1.82, 2.24) is 19.7 Å². The number of amides is 1. The number of anilines is 1. The van der Waals surface area contributed by atoms with E-state index in [1.807, 2.05) is 24.4 Å². The summed E-state index contributed by atoms with van der Waals surface area (Å²) in [5, 5.41) is 8.91. The van der Waals surface area contributed by atoms with E-state index < -0.39 is 17.6 Å². The number of aromatic nitrogens is 4. The zero-order valence-corrected chi connectivity index (χ0v) is 18.3. The van der Waals surface area contributed by atoms with Crippen LogP contribution >= 0.6 is 11.3 Å². The van der Waals surface area contributed by atoms with Gasteiger partial charge in [-0.2, -0.15) is 23.0 Å². The minimum Gasteiger partial charge on any atom is -0.306 e. The van der Waals surface area contributed by atoms with Crippen LogP contribution in [-0.2, 0) is 12.6 Å². The highest BCUT2D eigenvalue weighted by molar-refractivity contribution is 7.13. The van der Waals surface area contributed by atoms with Crippen molar-refractivity contribution in [1.29, 1.82) is 0 Å². The molecular weight excluding hydrogens is 455 g/mol. The van der Waals surface area contributed by atoms with Crippen LogP contribution in [0.2, 0.25) is 0 Å². The van der Waals surface area contributed by atoms with E-state index in [9.17, 15) is 22.8 Å². The summed E-state index contributed by atoms with van der Waals surface area (Å²) in [4.78, 5) is 33.1. The quantitative estimate of drug-likeness (QED) is 0.434. The van der Waals surface area contributed by atoms with E-state index in [2.05, 4.69) is 20.4 Å². The number of hydrogen-bond donors (Lipinski definition) is 2. The number of rotatable bonds is 5. The molecule has 3 heterocycles. The molecule has 0 atom stereocenters. The average molecular weight is 473 g/mol. The molecule has 0 fully saturated rings. The zero-order valence-electron chi connectivity index (χ0n) is 17.5. The molecule has 4 rings (SSSR count). The van der Waals surface area contributed by atoms with E-state index in [4.69, 9.17) is 0 Å². The van der Waals surface area contributed by atoms with Crippen LogP contribution < -0.4 is 10.9 Å². The summed E-state index contributed by atoms with van der Waals surface area (Å²) in [5.74, 6) is -0.534. The van der Waals surface area contributed by atoms with Gasteiger partial charge in [0.2, 0.25) is 5.95 Å². The Kier molecular flexibility index (Phi) is 5.90. The first-order chi connectivity index (χ1) is 15.7. The van der Waals surface area contributed by atoms with Crippen molar-refractivity contribution >= 4 is 23.1 Å². The van der Waals surface area contributed by atoms with E-state index in [0.29, 0.717) is 23.4 Å². The van der Waals surface area contributed by atoms with Crippen molar-refractivity contribution in [2.45, 2.75) is 26.4 Å². The van der Waals surface area contributed by atoms with Crippen molar-refractivity contribution in [3.8, 4) is 16.5 Å².